The Bertz CT molecular complexity index is 260. The molecule has 0 unspecified atom stereocenters. The zero-order valence-electron chi connectivity index (χ0n) is 10.0. The number of carboxylic acid groups (broad SMARTS) is 1. The average Bonchev–Trinajstić information content (AvgIpc) is 2.16. The number of hydrogen-bond acceptors (Lipinski definition) is 6. The predicted molar refractivity (Wildman–Crippen MR) is 58.4 cm³/mol. The van der Waals surface area contributed by atoms with Gasteiger partial charge in [-0.2, -0.15) is 0 Å². The largest absolute Gasteiger partial charge is 0.478 e. The van der Waals surface area contributed by atoms with Crippen molar-refractivity contribution in [2.24, 2.45) is 0 Å². The van der Waals surface area contributed by atoms with Gasteiger partial charge in [0.15, 0.2) is 0 Å². The summed E-state index contributed by atoms with van der Waals surface area (Å²) in [5.41, 5.74) is -1.58. The van der Waals surface area contributed by atoms with E-state index in [1.54, 1.807) is 0 Å². The zero-order chi connectivity index (χ0) is 13.5. The normalized spacial score (nSPS) is 11.6. The van der Waals surface area contributed by atoms with Gasteiger partial charge in [0, 0.05) is 13.1 Å². The Kier molecular flexibility index (Phi) is 6.71. The first-order chi connectivity index (χ1) is 7.83. The lowest BCUT2D eigenvalue weighted by atomic mass is 10.1. The van der Waals surface area contributed by atoms with Crippen LogP contribution in [0.3, 0.4) is 0 Å². The van der Waals surface area contributed by atoms with Crippen LogP contribution in [0.25, 0.3) is 0 Å². The number of carboxylic acids is 1. The third kappa shape index (κ3) is 6.20. The number of rotatable bonds is 8. The van der Waals surface area contributed by atoms with Gasteiger partial charge in [-0.3, -0.25) is 9.69 Å². The molecule has 0 rings (SSSR count). The second kappa shape index (κ2) is 7.21. The molecule has 0 heterocycles. The minimum atomic E-state index is -1.58. The lowest BCUT2D eigenvalue weighted by molar-refractivity contribution is -0.175. The molecule has 0 aromatic heterocycles. The molecule has 7 heteroatoms. The Morgan fingerprint density at radius 3 is 2.00 bits per heavy atom. The molecule has 7 nitrogen and oxygen atoms in total. The molecule has 0 atom stereocenters. The van der Waals surface area contributed by atoms with E-state index in [9.17, 15) is 9.59 Å². The van der Waals surface area contributed by atoms with Crippen LogP contribution in [0, 0.1) is 0 Å². The van der Waals surface area contributed by atoms with E-state index in [0.717, 1.165) is 0 Å². The first-order valence-electron chi connectivity index (χ1n) is 5.22. The smallest absolute Gasteiger partial charge is 0.347 e. The van der Waals surface area contributed by atoms with E-state index in [0.29, 0.717) is 0 Å². The van der Waals surface area contributed by atoms with Gasteiger partial charge in [-0.25, -0.2) is 4.79 Å². The van der Waals surface area contributed by atoms with Crippen LogP contribution < -0.4 is 0 Å². The van der Waals surface area contributed by atoms with Gasteiger partial charge in [0.25, 0.3) is 0 Å². The highest BCUT2D eigenvalue weighted by Crippen LogP contribution is 2.09. The Balaban J connectivity index is 4.27. The van der Waals surface area contributed by atoms with Crippen molar-refractivity contribution < 1.29 is 29.6 Å². The molecule has 0 radical (unpaired) electrons. The van der Waals surface area contributed by atoms with Crippen LogP contribution in [0.15, 0.2) is 0 Å². The Morgan fingerprint density at radius 1 is 1.18 bits per heavy atom. The van der Waals surface area contributed by atoms with Gasteiger partial charge in [0.2, 0.25) is 5.60 Å². The summed E-state index contributed by atoms with van der Waals surface area (Å²) in [4.78, 5) is 23.6. The summed E-state index contributed by atoms with van der Waals surface area (Å²) in [7, 11) is 0. The number of carbonyl (C=O) groups is 2. The number of aliphatic carboxylic acids is 1. The maximum atomic E-state index is 11.4. The third-order valence-corrected chi connectivity index (χ3v) is 2.07. The third-order valence-electron chi connectivity index (χ3n) is 2.07. The van der Waals surface area contributed by atoms with Gasteiger partial charge < -0.3 is 20.1 Å². The van der Waals surface area contributed by atoms with Crippen molar-refractivity contribution in [3.63, 3.8) is 0 Å². The SMILES string of the molecule is CC(C)(OC(=O)CN(CCO)CCO)C(=O)O. The van der Waals surface area contributed by atoms with E-state index in [-0.39, 0.29) is 32.8 Å². The minimum absolute atomic E-state index is 0.157. The molecule has 0 spiro atoms. The fraction of sp³-hybridized carbons (Fsp3) is 0.800. The van der Waals surface area contributed by atoms with E-state index in [4.69, 9.17) is 20.1 Å². The summed E-state index contributed by atoms with van der Waals surface area (Å²) < 4.78 is 4.78. The first kappa shape index (κ1) is 15.8. The van der Waals surface area contributed by atoms with E-state index in [1.165, 1.54) is 18.7 Å². The molecule has 0 aromatic rings. The second-order valence-corrected chi connectivity index (χ2v) is 4.01. The molecule has 0 bridgehead atoms. The molecule has 100 valence electrons. The predicted octanol–water partition coefficient (Wildman–Crippen LogP) is -1.32. The van der Waals surface area contributed by atoms with E-state index >= 15 is 0 Å². The Hall–Kier alpha value is -1.18. The van der Waals surface area contributed by atoms with Crippen molar-refractivity contribution in [3.05, 3.63) is 0 Å². The van der Waals surface area contributed by atoms with E-state index in [1.807, 2.05) is 0 Å². The van der Waals surface area contributed by atoms with Crippen LogP contribution in [-0.4, -0.2) is 70.6 Å². The summed E-state index contributed by atoms with van der Waals surface area (Å²) in [6.45, 7) is 2.49. The molecule has 0 aliphatic heterocycles. The zero-order valence-corrected chi connectivity index (χ0v) is 10.0. The van der Waals surface area contributed by atoms with Gasteiger partial charge in [0.05, 0.1) is 19.8 Å². The van der Waals surface area contributed by atoms with Crippen molar-refractivity contribution in [2.45, 2.75) is 19.4 Å². The lowest BCUT2D eigenvalue weighted by Gasteiger charge is -2.23. The van der Waals surface area contributed by atoms with Crippen molar-refractivity contribution >= 4 is 11.9 Å². The van der Waals surface area contributed by atoms with E-state index in [2.05, 4.69) is 0 Å². The first-order valence-corrected chi connectivity index (χ1v) is 5.22. The molecule has 17 heavy (non-hydrogen) atoms. The topological polar surface area (TPSA) is 107 Å². The molecule has 0 aromatic carbocycles. The summed E-state index contributed by atoms with van der Waals surface area (Å²) in [5.74, 6) is -1.94. The summed E-state index contributed by atoms with van der Waals surface area (Å²) in [6.07, 6.45) is 0. The number of ether oxygens (including phenoxy) is 1. The Labute approximate surface area is 99.6 Å². The minimum Gasteiger partial charge on any atom is -0.478 e. The molecule has 0 amide bonds. The summed E-state index contributed by atoms with van der Waals surface area (Å²) >= 11 is 0. The van der Waals surface area contributed by atoms with Gasteiger partial charge in [-0.15, -0.1) is 0 Å². The fourth-order valence-electron chi connectivity index (χ4n) is 1.10. The van der Waals surface area contributed by atoms with Crippen LogP contribution in [-0.2, 0) is 14.3 Å². The summed E-state index contributed by atoms with van der Waals surface area (Å²) in [6, 6.07) is 0. The highest BCUT2D eigenvalue weighted by atomic mass is 16.6. The maximum Gasteiger partial charge on any atom is 0.347 e. The molecule has 0 saturated heterocycles. The highest BCUT2D eigenvalue weighted by Gasteiger charge is 2.31. The summed E-state index contributed by atoms with van der Waals surface area (Å²) in [5, 5.41) is 26.2. The lowest BCUT2D eigenvalue weighted by Crippen LogP contribution is -2.42. The van der Waals surface area contributed by atoms with Crippen molar-refractivity contribution in [3.8, 4) is 0 Å². The van der Waals surface area contributed by atoms with Gasteiger partial charge in [-0.1, -0.05) is 0 Å². The van der Waals surface area contributed by atoms with Crippen molar-refractivity contribution in [1.29, 1.82) is 0 Å². The van der Waals surface area contributed by atoms with Crippen LogP contribution >= 0.6 is 0 Å². The molecule has 0 aliphatic carbocycles. The molecule has 0 saturated carbocycles. The van der Waals surface area contributed by atoms with Crippen LogP contribution in [0.5, 0.6) is 0 Å². The highest BCUT2D eigenvalue weighted by molar-refractivity contribution is 5.81. The van der Waals surface area contributed by atoms with Crippen LogP contribution in [0.1, 0.15) is 13.8 Å². The fourth-order valence-corrected chi connectivity index (χ4v) is 1.10. The average molecular weight is 249 g/mol. The number of aliphatic hydroxyl groups is 2. The Morgan fingerprint density at radius 2 is 1.65 bits per heavy atom. The monoisotopic (exact) mass is 249 g/mol. The number of carbonyl (C=O) groups excluding carboxylic acids is 1. The van der Waals surface area contributed by atoms with Gasteiger partial charge in [0.1, 0.15) is 0 Å². The van der Waals surface area contributed by atoms with Crippen LogP contribution in [0.4, 0.5) is 0 Å². The maximum absolute atomic E-state index is 11.4. The number of esters is 1. The second-order valence-electron chi connectivity index (χ2n) is 4.01. The molecule has 0 fully saturated rings. The van der Waals surface area contributed by atoms with Gasteiger partial charge >= 0.3 is 11.9 Å². The molecular formula is C10H19NO6. The van der Waals surface area contributed by atoms with Crippen LogP contribution in [0.2, 0.25) is 0 Å². The number of nitrogens with zero attached hydrogens (tertiary/aromatic N) is 1. The quantitative estimate of drug-likeness (QED) is 0.458. The number of aliphatic hydroxyl groups excluding tert-OH is 2. The molecule has 0 aliphatic rings. The van der Waals surface area contributed by atoms with Gasteiger partial charge in [-0.05, 0) is 13.8 Å². The molecular weight excluding hydrogens is 230 g/mol. The van der Waals surface area contributed by atoms with Crippen molar-refractivity contribution in [2.75, 3.05) is 32.8 Å². The standard InChI is InChI=1S/C10H19NO6/c1-10(2,9(15)16)17-8(14)7-11(3-5-12)4-6-13/h12-13H,3-7H2,1-2H3,(H,15,16). The molecule has 3 N–H and O–H groups in total. The number of hydrogen-bond donors (Lipinski definition) is 3. The van der Waals surface area contributed by atoms with E-state index < -0.39 is 17.5 Å². The van der Waals surface area contributed by atoms with Crippen molar-refractivity contribution in [1.82, 2.24) is 4.90 Å².